The summed E-state index contributed by atoms with van der Waals surface area (Å²) in [4.78, 5) is 2.93. The Bertz CT molecular complexity index is 401. The number of hydrogen-bond donors (Lipinski definition) is 2. The molecule has 3 nitrogen and oxygen atoms in total. The maximum absolute atomic E-state index is 9.73. The second-order valence-corrected chi connectivity index (χ2v) is 3.26. The molecule has 0 aromatic carbocycles. The smallest absolute Gasteiger partial charge is 0.218 e. The molecular formula is C10H14N2OS. The molecule has 0 radical (unpaired) electrons. The van der Waals surface area contributed by atoms with Gasteiger partial charge in [-0.25, -0.2) is 0 Å². The summed E-state index contributed by atoms with van der Waals surface area (Å²) in [5.41, 5.74) is 0.652. The topological polar surface area (TPSA) is 41.0 Å². The number of aromatic amines is 1. The highest BCUT2D eigenvalue weighted by atomic mass is 32.1. The van der Waals surface area contributed by atoms with Gasteiger partial charge in [-0.05, 0) is 24.7 Å². The Labute approximate surface area is 88.4 Å². The molecule has 76 valence electrons. The van der Waals surface area contributed by atoms with Crippen LogP contribution >= 0.6 is 12.2 Å². The first kappa shape index (κ1) is 10.8. The Balaban J connectivity index is 3.10. The van der Waals surface area contributed by atoms with Crippen molar-refractivity contribution in [2.75, 3.05) is 0 Å². The maximum Gasteiger partial charge on any atom is 0.218 e. The number of hydrogen-bond acceptors (Lipinski definition) is 2. The van der Waals surface area contributed by atoms with Crippen molar-refractivity contribution in [3.8, 4) is 5.88 Å². The molecule has 0 aliphatic heterocycles. The van der Waals surface area contributed by atoms with Gasteiger partial charge in [0.1, 0.15) is 5.69 Å². The lowest BCUT2D eigenvalue weighted by atomic mass is 10.3. The molecule has 0 saturated heterocycles. The number of imidazole rings is 1. The minimum atomic E-state index is 0.166. The third-order valence-electron chi connectivity index (χ3n) is 1.82. The fourth-order valence-corrected chi connectivity index (χ4v) is 1.40. The lowest BCUT2D eigenvalue weighted by Gasteiger charge is -1.98. The van der Waals surface area contributed by atoms with Crippen LogP contribution in [0.15, 0.2) is 18.7 Å². The van der Waals surface area contributed by atoms with Gasteiger partial charge in [0.25, 0.3) is 0 Å². The van der Waals surface area contributed by atoms with Gasteiger partial charge in [0.2, 0.25) is 5.88 Å². The lowest BCUT2D eigenvalue weighted by Crippen LogP contribution is -1.93. The zero-order valence-electron chi connectivity index (χ0n) is 8.16. The molecule has 1 rings (SSSR count). The first-order chi connectivity index (χ1) is 6.70. The molecule has 0 amide bonds. The van der Waals surface area contributed by atoms with Gasteiger partial charge in [-0.1, -0.05) is 19.1 Å². The molecule has 14 heavy (non-hydrogen) atoms. The molecule has 1 aromatic rings. The van der Waals surface area contributed by atoms with Crippen LogP contribution in [-0.2, 0) is 6.54 Å². The minimum absolute atomic E-state index is 0.166. The SMILES string of the molecule is C=CCn1c(O)c(C=CCC)[nH]c1=S. The van der Waals surface area contributed by atoms with Gasteiger partial charge in [0.05, 0.1) is 0 Å². The van der Waals surface area contributed by atoms with Crippen LogP contribution in [0.2, 0.25) is 0 Å². The molecule has 0 saturated carbocycles. The van der Waals surface area contributed by atoms with Crippen LogP contribution in [0.25, 0.3) is 6.08 Å². The maximum atomic E-state index is 9.73. The van der Waals surface area contributed by atoms with Crippen molar-refractivity contribution >= 4 is 18.3 Å². The fourth-order valence-electron chi connectivity index (χ4n) is 1.13. The number of nitrogens with zero attached hydrogens (tertiary/aromatic N) is 1. The highest BCUT2D eigenvalue weighted by Crippen LogP contribution is 2.18. The number of rotatable bonds is 4. The van der Waals surface area contributed by atoms with Crippen molar-refractivity contribution in [1.29, 1.82) is 0 Å². The van der Waals surface area contributed by atoms with E-state index in [1.807, 2.05) is 19.1 Å². The summed E-state index contributed by atoms with van der Waals surface area (Å²) in [6.45, 7) is 6.15. The molecule has 2 N–H and O–H groups in total. The summed E-state index contributed by atoms with van der Waals surface area (Å²) in [6, 6.07) is 0. The summed E-state index contributed by atoms with van der Waals surface area (Å²) >= 11 is 5.04. The van der Waals surface area contributed by atoms with E-state index < -0.39 is 0 Å². The van der Waals surface area contributed by atoms with Gasteiger partial charge in [0, 0.05) is 6.54 Å². The Kier molecular flexibility index (Phi) is 3.71. The van der Waals surface area contributed by atoms with E-state index in [1.165, 1.54) is 0 Å². The van der Waals surface area contributed by atoms with E-state index in [4.69, 9.17) is 12.2 Å². The molecule has 0 bridgehead atoms. The van der Waals surface area contributed by atoms with Crippen molar-refractivity contribution < 1.29 is 5.11 Å². The molecular weight excluding hydrogens is 196 g/mol. The van der Waals surface area contributed by atoms with Gasteiger partial charge in [0.15, 0.2) is 4.77 Å². The fraction of sp³-hybridized carbons (Fsp3) is 0.300. The Morgan fingerprint density at radius 2 is 2.36 bits per heavy atom. The Morgan fingerprint density at radius 3 is 2.93 bits per heavy atom. The first-order valence-corrected chi connectivity index (χ1v) is 4.90. The number of H-pyrrole nitrogens is 1. The van der Waals surface area contributed by atoms with Crippen LogP contribution in [0.1, 0.15) is 19.0 Å². The monoisotopic (exact) mass is 210 g/mol. The summed E-state index contributed by atoms with van der Waals surface area (Å²) < 4.78 is 2.11. The van der Waals surface area contributed by atoms with E-state index in [2.05, 4.69) is 11.6 Å². The molecule has 0 atom stereocenters. The molecule has 0 aliphatic carbocycles. The predicted octanol–water partition coefficient (Wildman–Crippen LogP) is 2.86. The molecule has 0 spiro atoms. The number of nitrogens with one attached hydrogen (secondary N) is 1. The van der Waals surface area contributed by atoms with Crippen molar-refractivity contribution in [1.82, 2.24) is 9.55 Å². The molecule has 1 heterocycles. The van der Waals surface area contributed by atoms with E-state index in [-0.39, 0.29) is 5.88 Å². The molecule has 0 aliphatic rings. The van der Waals surface area contributed by atoms with E-state index in [9.17, 15) is 5.11 Å². The lowest BCUT2D eigenvalue weighted by molar-refractivity contribution is 0.424. The summed E-state index contributed by atoms with van der Waals surface area (Å²) in [5.74, 6) is 0.166. The van der Waals surface area contributed by atoms with Gasteiger partial charge >= 0.3 is 0 Å². The van der Waals surface area contributed by atoms with Crippen molar-refractivity contribution in [2.45, 2.75) is 19.9 Å². The molecule has 0 unspecified atom stereocenters. The van der Waals surface area contributed by atoms with Crippen LogP contribution in [0, 0.1) is 4.77 Å². The average molecular weight is 210 g/mol. The van der Waals surface area contributed by atoms with Crippen molar-refractivity contribution in [3.05, 3.63) is 29.2 Å². The van der Waals surface area contributed by atoms with Gasteiger partial charge in [-0.3, -0.25) is 4.57 Å². The summed E-state index contributed by atoms with van der Waals surface area (Å²) in [7, 11) is 0. The second-order valence-electron chi connectivity index (χ2n) is 2.88. The summed E-state index contributed by atoms with van der Waals surface area (Å²) in [6.07, 6.45) is 6.40. The van der Waals surface area contributed by atoms with Crippen molar-refractivity contribution in [3.63, 3.8) is 0 Å². The second kappa shape index (κ2) is 4.81. The third-order valence-corrected chi connectivity index (χ3v) is 2.14. The molecule has 1 aromatic heterocycles. The summed E-state index contributed by atoms with van der Waals surface area (Å²) in [5, 5.41) is 9.73. The van der Waals surface area contributed by atoms with Gasteiger partial charge in [-0.2, -0.15) is 0 Å². The number of aromatic nitrogens is 2. The van der Waals surface area contributed by atoms with E-state index in [1.54, 1.807) is 10.6 Å². The quantitative estimate of drug-likeness (QED) is 0.592. The standard InChI is InChI=1S/C10H14N2OS/c1-3-5-6-8-9(13)12(7-4-2)10(14)11-8/h4-6,13H,2-3,7H2,1H3,(H,11,14). The van der Waals surface area contributed by atoms with Crippen molar-refractivity contribution in [2.24, 2.45) is 0 Å². The highest BCUT2D eigenvalue weighted by Gasteiger charge is 2.06. The first-order valence-electron chi connectivity index (χ1n) is 4.50. The van der Waals surface area contributed by atoms with E-state index in [0.717, 1.165) is 6.42 Å². The Morgan fingerprint density at radius 1 is 1.64 bits per heavy atom. The third kappa shape index (κ3) is 2.14. The van der Waals surface area contributed by atoms with Crippen LogP contribution in [-0.4, -0.2) is 14.7 Å². The van der Waals surface area contributed by atoms with E-state index >= 15 is 0 Å². The molecule has 4 heteroatoms. The molecule has 0 fully saturated rings. The number of allylic oxidation sites excluding steroid dienone is 2. The van der Waals surface area contributed by atoms with Crippen LogP contribution in [0.4, 0.5) is 0 Å². The highest BCUT2D eigenvalue weighted by molar-refractivity contribution is 7.71. The zero-order chi connectivity index (χ0) is 10.6. The largest absolute Gasteiger partial charge is 0.493 e. The average Bonchev–Trinajstić information content (AvgIpc) is 2.43. The Hall–Kier alpha value is -1.29. The zero-order valence-corrected chi connectivity index (χ0v) is 8.97. The van der Waals surface area contributed by atoms with Gasteiger partial charge < -0.3 is 10.1 Å². The van der Waals surface area contributed by atoms with Gasteiger partial charge in [-0.15, -0.1) is 6.58 Å². The van der Waals surface area contributed by atoms with Crippen LogP contribution < -0.4 is 0 Å². The van der Waals surface area contributed by atoms with Crippen LogP contribution in [0.3, 0.4) is 0 Å². The van der Waals surface area contributed by atoms with Crippen LogP contribution in [0.5, 0.6) is 5.88 Å². The minimum Gasteiger partial charge on any atom is -0.493 e. The number of aromatic hydroxyl groups is 1. The predicted molar refractivity (Wildman–Crippen MR) is 60.8 cm³/mol. The normalized spacial score (nSPS) is 10.9. The van der Waals surface area contributed by atoms with E-state index in [0.29, 0.717) is 17.0 Å².